The van der Waals surface area contributed by atoms with Crippen molar-refractivity contribution in [1.29, 1.82) is 0 Å². The zero-order valence-corrected chi connectivity index (χ0v) is 32.1. The lowest BCUT2D eigenvalue weighted by atomic mass is 9.98. The van der Waals surface area contributed by atoms with E-state index >= 15 is 0 Å². The van der Waals surface area contributed by atoms with Crippen LogP contribution in [0.3, 0.4) is 0 Å². The van der Waals surface area contributed by atoms with Crippen LogP contribution in [0.1, 0.15) is 168 Å². The van der Waals surface area contributed by atoms with E-state index in [1.54, 1.807) is 0 Å². The second-order valence-corrected chi connectivity index (χ2v) is 14.7. The number of carbonyl (C=O) groups is 1. The average molecular weight is 732 g/mol. The van der Waals surface area contributed by atoms with Crippen LogP contribution in [0.2, 0.25) is 0 Å². The third-order valence-electron chi connectivity index (χ3n) is 10.1. The summed E-state index contributed by atoms with van der Waals surface area (Å²) in [6.07, 6.45) is 19.0. The molecule has 1 saturated heterocycles. The summed E-state index contributed by atoms with van der Waals surface area (Å²) in [5.41, 5.74) is 0. The molecule has 8 N–H and O–H groups in total. The number of nitrogens with one attached hydrogen (secondary N) is 1. The highest BCUT2D eigenvalue weighted by Gasteiger charge is 2.44. The normalized spacial score (nSPS) is 23.4. The van der Waals surface area contributed by atoms with Crippen molar-refractivity contribution in [3.05, 3.63) is 12.2 Å². The zero-order chi connectivity index (χ0) is 37.7. The summed E-state index contributed by atoms with van der Waals surface area (Å²) in [5.74, 6) is -0.708. The van der Waals surface area contributed by atoms with Gasteiger partial charge in [-0.1, -0.05) is 142 Å². The second-order valence-electron chi connectivity index (χ2n) is 14.7. The number of hydrogen-bond acceptors (Lipinski definition) is 10. The van der Waals surface area contributed by atoms with E-state index in [-0.39, 0.29) is 6.42 Å². The molecule has 0 radical (unpaired) electrons. The van der Waals surface area contributed by atoms with E-state index < -0.39 is 74.2 Å². The molecule has 302 valence electrons. The van der Waals surface area contributed by atoms with Crippen molar-refractivity contribution in [2.45, 2.75) is 223 Å². The number of amides is 1. The van der Waals surface area contributed by atoms with Crippen molar-refractivity contribution in [3.63, 3.8) is 0 Å². The summed E-state index contributed by atoms with van der Waals surface area (Å²) < 4.78 is 11.0. The Labute approximate surface area is 309 Å². The summed E-state index contributed by atoms with van der Waals surface area (Å²) in [6, 6.07) is -1.16. The van der Waals surface area contributed by atoms with Crippen molar-refractivity contribution in [1.82, 2.24) is 5.32 Å². The molecule has 0 aromatic carbocycles. The van der Waals surface area contributed by atoms with Gasteiger partial charge in [0.1, 0.15) is 36.6 Å². The van der Waals surface area contributed by atoms with Crippen molar-refractivity contribution >= 4 is 5.91 Å². The van der Waals surface area contributed by atoms with Crippen LogP contribution in [-0.2, 0) is 14.3 Å². The molecule has 11 heteroatoms. The van der Waals surface area contributed by atoms with Gasteiger partial charge in [-0.3, -0.25) is 4.79 Å². The number of ether oxygens (including phenoxy) is 2. The molecule has 11 nitrogen and oxygen atoms in total. The first-order valence-electron chi connectivity index (χ1n) is 20.6. The number of hydrogen-bond donors (Lipinski definition) is 8. The minimum Gasteiger partial charge on any atom is -0.394 e. The molecule has 0 spiro atoms. The van der Waals surface area contributed by atoms with Crippen LogP contribution in [0.4, 0.5) is 0 Å². The third kappa shape index (κ3) is 22.0. The van der Waals surface area contributed by atoms with E-state index in [1.807, 2.05) is 0 Å². The Bertz CT molecular complexity index is 846. The van der Waals surface area contributed by atoms with Crippen LogP contribution in [0.5, 0.6) is 0 Å². The Kier molecular flexibility index (Phi) is 29.3. The summed E-state index contributed by atoms with van der Waals surface area (Å²) >= 11 is 0. The molecule has 1 rings (SSSR count). The van der Waals surface area contributed by atoms with Crippen LogP contribution in [-0.4, -0.2) is 110 Å². The van der Waals surface area contributed by atoms with Crippen LogP contribution in [0.15, 0.2) is 12.2 Å². The molecule has 0 aromatic heterocycles. The largest absolute Gasteiger partial charge is 0.394 e. The topological polar surface area (TPSA) is 189 Å². The number of unbranched alkanes of at least 4 members (excludes halogenated alkanes) is 19. The van der Waals surface area contributed by atoms with Crippen molar-refractivity contribution < 1.29 is 50.0 Å². The van der Waals surface area contributed by atoms with Gasteiger partial charge in [0.2, 0.25) is 5.91 Å². The quantitative estimate of drug-likeness (QED) is 0.0324. The molecular weight excluding hydrogens is 654 g/mol. The van der Waals surface area contributed by atoms with Gasteiger partial charge in [0.05, 0.1) is 25.4 Å². The fourth-order valence-corrected chi connectivity index (χ4v) is 6.55. The standard InChI is InChI=1S/C40H77NO10/c1-3-5-7-9-10-11-12-13-14-15-16-17-18-19-20-21-22-24-26-28-33(44)39(49)41-31(35(45)32(43)27-25-23-8-6-4-2)30-50-40-38(48)37(47)36(46)34(29-42)51-40/h16-17,31-38,40,42-48H,3-15,18-30H2,1-2H3,(H,41,49)/b17-16-. The van der Waals surface area contributed by atoms with Crippen molar-refractivity contribution in [2.75, 3.05) is 13.2 Å². The highest BCUT2D eigenvalue weighted by atomic mass is 16.7. The molecule has 9 unspecified atom stereocenters. The smallest absolute Gasteiger partial charge is 0.249 e. The van der Waals surface area contributed by atoms with Gasteiger partial charge in [0, 0.05) is 0 Å². The fraction of sp³-hybridized carbons (Fsp3) is 0.925. The summed E-state index contributed by atoms with van der Waals surface area (Å²) in [5, 5.41) is 74.8. The van der Waals surface area contributed by atoms with Crippen LogP contribution >= 0.6 is 0 Å². The molecule has 1 aliphatic heterocycles. The Balaban J connectivity index is 2.38. The maximum absolute atomic E-state index is 12.9. The van der Waals surface area contributed by atoms with Gasteiger partial charge in [-0.05, 0) is 38.5 Å². The molecule has 9 atom stereocenters. The van der Waals surface area contributed by atoms with Crippen LogP contribution < -0.4 is 5.32 Å². The van der Waals surface area contributed by atoms with E-state index in [0.717, 1.165) is 57.8 Å². The number of allylic oxidation sites excluding steroid dienone is 2. The maximum Gasteiger partial charge on any atom is 0.249 e. The molecule has 0 saturated carbocycles. The van der Waals surface area contributed by atoms with Gasteiger partial charge in [0.25, 0.3) is 0 Å². The molecule has 0 aromatic rings. The van der Waals surface area contributed by atoms with Crippen molar-refractivity contribution in [2.24, 2.45) is 0 Å². The second kappa shape index (κ2) is 31.2. The van der Waals surface area contributed by atoms with E-state index in [1.165, 1.54) is 70.6 Å². The summed E-state index contributed by atoms with van der Waals surface area (Å²) in [7, 11) is 0. The molecular formula is C40H77NO10. The van der Waals surface area contributed by atoms with Crippen molar-refractivity contribution in [3.8, 4) is 0 Å². The van der Waals surface area contributed by atoms with Gasteiger partial charge >= 0.3 is 0 Å². The molecule has 1 amide bonds. The van der Waals surface area contributed by atoms with Crippen LogP contribution in [0, 0.1) is 0 Å². The average Bonchev–Trinajstić information content (AvgIpc) is 3.13. The zero-order valence-electron chi connectivity index (χ0n) is 32.1. The maximum atomic E-state index is 12.9. The highest BCUT2D eigenvalue weighted by Crippen LogP contribution is 2.23. The Morgan fingerprint density at radius 3 is 1.65 bits per heavy atom. The predicted octanol–water partition coefficient (Wildman–Crippen LogP) is 5.33. The van der Waals surface area contributed by atoms with Gasteiger partial charge in [-0.2, -0.15) is 0 Å². The first-order chi connectivity index (χ1) is 24.7. The summed E-state index contributed by atoms with van der Waals surface area (Å²) in [6.45, 7) is 3.31. The van der Waals surface area contributed by atoms with E-state index in [2.05, 4.69) is 31.3 Å². The van der Waals surface area contributed by atoms with Gasteiger partial charge in [-0.15, -0.1) is 0 Å². The highest BCUT2D eigenvalue weighted by molar-refractivity contribution is 5.80. The lowest BCUT2D eigenvalue weighted by Crippen LogP contribution is -2.60. The Hall–Kier alpha value is -1.15. The van der Waals surface area contributed by atoms with Gasteiger partial charge < -0.3 is 50.5 Å². The number of rotatable bonds is 33. The third-order valence-corrected chi connectivity index (χ3v) is 10.1. The number of aliphatic hydroxyl groups excluding tert-OH is 7. The van der Waals surface area contributed by atoms with E-state index in [4.69, 9.17) is 9.47 Å². The SMILES string of the molecule is CCCCCCCCCCC/C=C\CCCCCCCCC(O)C(=O)NC(COC1OC(CO)C(O)C(O)C1O)C(O)C(O)CCCCCCC. The molecule has 0 bridgehead atoms. The Morgan fingerprint density at radius 1 is 0.667 bits per heavy atom. The van der Waals surface area contributed by atoms with E-state index in [9.17, 15) is 40.5 Å². The molecule has 0 aliphatic carbocycles. The first kappa shape index (κ1) is 47.9. The molecule has 1 heterocycles. The number of aliphatic hydroxyl groups is 7. The predicted molar refractivity (Wildman–Crippen MR) is 201 cm³/mol. The van der Waals surface area contributed by atoms with Gasteiger partial charge in [-0.25, -0.2) is 0 Å². The first-order valence-corrected chi connectivity index (χ1v) is 20.6. The molecule has 1 fully saturated rings. The fourth-order valence-electron chi connectivity index (χ4n) is 6.55. The monoisotopic (exact) mass is 732 g/mol. The lowest BCUT2D eigenvalue weighted by molar-refractivity contribution is -0.303. The summed E-state index contributed by atoms with van der Waals surface area (Å²) in [4.78, 5) is 12.9. The van der Waals surface area contributed by atoms with Gasteiger partial charge in [0.15, 0.2) is 6.29 Å². The molecule has 1 aliphatic rings. The minimum absolute atomic E-state index is 0.254. The van der Waals surface area contributed by atoms with Crippen LogP contribution in [0.25, 0.3) is 0 Å². The minimum atomic E-state index is -1.66. The Morgan fingerprint density at radius 2 is 1.14 bits per heavy atom. The molecule has 51 heavy (non-hydrogen) atoms. The number of carbonyl (C=O) groups excluding carboxylic acids is 1. The van der Waals surface area contributed by atoms with E-state index in [0.29, 0.717) is 19.3 Å². The lowest BCUT2D eigenvalue weighted by Gasteiger charge is -2.40.